The molecule has 0 saturated carbocycles. The molecule has 0 aromatic carbocycles. The molecule has 1 saturated heterocycles. The summed E-state index contributed by atoms with van der Waals surface area (Å²) in [6.07, 6.45) is 2.48. The van der Waals surface area contributed by atoms with E-state index in [0.717, 1.165) is 25.9 Å². The summed E-state index contributed by atoms with van der Waals surface area (Å²) in [5.41, 5.74) is 0. The fourth-order valence-electron chi connectivity index (χ4n) is 1.25. The maximum atomic E-state index is 10.9. The normalized spacial score (nSPS) is 21.6. The van der Waals surface area contributed by atoms with E-state index in [-0.39, 0.29) is 19.5 Å². The van der Waals surface area contributed by atoms with Crippen LogP contribution in [0.25, 0.3) is 0 Å². The Balaban J connectivity index is 2.03. The van der Waals surface area contributed by atoms with Crippen molar-refractivity contribution < 1.29 is 23.7 Å². The summed E-state index contributed by atoms with van der Waals surface area (Å²) < 4.78 is 19.3. The van der Waals surface area contributed by atoms with Gasteiger partial charge in [0.2, 0.25) is 0 Å². The zero-order chi connectivity index (χ0) is 10.2. The van der Waals surface area contributed by atoms with Crippen molar-refractivity contribution in [3.05, 3.63) is 0 Å². The summed E-state index contributed by atoms with van der Waals surface area (Å²) in [5.74, 6) is 0. The van der Waals surface area contributed by atoms with Crippen LogP contribution in [0.4, 0.5) is 4.79 Å². The Kier molecular flexibility index (Phi) is 5.32. The topological polar surface area (TPSA) is 54.0 Å². The van der Waals surface area contributed by atoms with Gasteiger partial charge in [-0.3, -0.25) is 0 Å². The van der Waals surface area contributed by atoms with E-state index in [0.29, 0.717) is 0 Å². The van der Waals surface area contributed by atoms with Crippen LogP contribution < -0.4 is 0 Å². The molecule has 0 amide bonds. The third-order valence-electron chi connectivity index (χ3n) is 1.96. The van der Waals surface area contributed by atoms with E-state index in [1.54, 1.807) is 0 Å². The Morgan fingerprint density at radius 2 is 2.29 bits per heavy atom. The monoisotopic (exact) mass is 204 g/mol. The number of carbonyl (C=O) groups excluding carboxylic acids is 1. The molecule has 0 radical (unpaired) electrons. The van der Waals surface area contributed by atoms with Crippen molar-refractivity contribution in [2.24, 2.45) is 0 Å². The minimum atomic E-state index is -0.707. The lowest BCUT2D eigenvalue weighted by molar-refractivity contribution is -0.0590. The van der Waals surface area contributed by atoms with Crippen molar-refractivity contribution in [1.29, 1.82) is 0 Å². The van der Waals surface area contributed by atoms with Crippen LogP contribution in [0.15, 0.2) is 0 Å². The number of ether oxygens (including phenoxy) is 4. The molecule has 0 bridgehead atoms. The molecule has 0 spiro atoms. The second-order valence-corrected chi connectivity index (χ2v) is 3.10. The lowest BCUT2D eigenvalue weighted by Crippen LogP contribution is -2.26. The van der Waals surface area contributed by atoms with Gasteiger partial charge >= 0.3 is 6.16 Å². The zero-order valence-electron chi connectivity index (χ0n) is 8.36. The number of hydrogen-bond donors (Lipinski definition) is 0. The van der Waals surface area contributed by atoms with Crippen LogP contribution in [0.2, 0.25) is 0 Å². The van der Waals surface area contributed by atoms with Gasteiger partial charge in [-0.05, 0) is 19.3 Å². The van der Waals surface area contributed by atoms with Gasteiger partial charge < -0.3 is 18.9 Å². The summed E-state index contributed by atoms with van der Waals surface area (Å²) in [6, 6.07) is 0. The van der Waals surface area contributed by atoms with Crippen molar-refractivity contribution in [3.8, 4) is 0 Å². The number of rotatable bonds is 4. The minimum Gasteiger partial charge on any atom is -0.431 e. The second kappa shape index (κ2) is 6.62. The molecule has 1 aliphatic rings. The van der Waals surface area contributed by atoms with Crippen molar-refractivity contribution in [3.63, 3.8) is 0 Å². The molecule has 5 nitrogen and oxygen atoms in total. The van der Waals surface area contributed by atoms with E-state index in [2.05, 4.69) is 9.47 Å². The lowest BCUT2D eigenvalue weighted by Gasteiger charge is -2.21. The fourth-order valence-corrected chi connectivity index (χ4v) is 1.25. The minimum absolute atomic E-state index is 0.0267. The van der Waals surface area contributed by atoms with Crippen LogP contribution in [0.5, 0.6) is 0 Å². The standard InChI is InChI=1S/C9H16O5/c1-11-7-14-9(10)13-6-8-4-2-3-5-12-8/h8H,2-7H2,1H3. The number of hydrogen-bond acceptors (Lipinski definition) is 5. The van der Waals surface area contributed by atoms with Crippen LogP contribution in [-0.2, 0) is 18.9 Å². The number of methoxy groups -OCH3 is 1. The molecule has 1 rings (SSSR count). The first kappa shape index (κ1) is 11.3. The van der Waals surface area contributed by atoms with Gasteiger partial charge in [-0.15, -0.1) is 0 Å². The van der Waals surface area contributed by atoms with Crippen LogP contribution in [0.3, 0.4) is 0 Å². The van der Waals surface area contributed by atoms with Crippen molar-refractivity contribution in [2.45, 2.75) is 25.4 Å². The summed E-state index contributed by atoms with van der Waals surface area (Å²) >= 11 is 0. The van der Waals surface area contributed by atoms with Crippen LogP contribution in [-0.4, -0.2) is 39.4 Å². The predicted octanol–water partition coefficient (Wildman–Crippen LogP) is 1.31. The van der Waals surface area contributed by atoms with Gasteiger partial charge in [0.05, 0.1) is 6.10 Å². The van der Waals surface area contributed by atoms with Gasteiger partial charge in [-0.1, -0.05) is 0 Å². The summed E-state index contributed by atoms with van der Waals surface area (Å²) in [5, 5.41) is 0. The molecule has 82 valence electrons. The molecule has 1 atom stereocenters. The molecule has 5 heteroatoms. The number of carbonyl (C=O) groups is 1. The van der Waals surface area contributed by atoms with E-state index in [1.165, 1.54) is 7.11 Å². The first-order chi connectivity index (χ1) is 6.83. The quantitative estimate of drug-likeness (QED) is 0.510. The van der Waals surface area contributed by atoms with E-state index >= 15 is 0 Å². The molecule has 1 fully saturated rings. The molecule has 0 aromatic heterocycles. The second-order valence-electron chi connectivity index (χ2n) is 3.10. The molecule has 1 heterocycles. The molecule has 1 aliphatic heterocycles. The Morgan fingerprint density at radius 1 is 1.43 bits per heavy atom. The Hall–Kier alpha value is -0.810. The maximum absolute atomic E-state index is 10.9. The average molecular weight is 204 g/mol. The Labute approximate surface area is 83.3 Å². The van der Waals surface area contributed by atoms with Gasteiger partial charge in [0.1, 0.15) is 6.61 Å². The van der Waals surface area contributed by atoms with Crippen molar-refractivity contribution in [2.75, 3.05) is 27.1 Å². The molecule has 1 unspecified atom stereocenters. The first-order valence-electron chi connectivity index (χ1n) is 4.73. The highest BCUT2D eigenvalue weighted by Crippen LogP contribution is 2.12. The highest BCUT2D eigenvalue weighted by Gasteiger charge is 2.16. The highest BCUT2D eigenvalue weighted by atomic mass is 16.8. The highest BCUT2D eigenvalue weighted by molar-refractivity contribution is 5.59. The fraction of sp³-hybridized carbons (Fsp3) is 0.889. The van der Waals surface area contributed by atoms with Crippen molar-refractivity contribution >= 4 is 6.16 Å². The van der Waals surface area contributed by atoms with Gasteiger partial charge in [0, 0.05) is 13.7 Å². The van der Waals surface area contributed by atoms with Crippen LogP contribution in [0, 0.1) is 0 Å². The largest absolute Gasteiger partial charge is 0.510 e. The van der Waals surface area contributed by atoms with E-state index in [4.69, 9.17) is 9.47 Å². The maximum Gasteiger partial charge on any atom is 0.510 e. The van der Waals surface area contributed by atoms with Gasteiger partial charge in [-0.25, -0.2) is 4.79 Å². The van der Waals surface area contributed by atoms with Gasteiger partial charge in [0.15, 0.2) is 6.79 Å². The molecular weight excluding hydrogens is 188 g/mol. The summed E-state index contributed by atoms with van der Waals surface area (Å²) in [7, 11) is 1.44. The molecule has 0 aromatic rings. The van der Waals surface area contributed by atoms with Crippen molar-refractivity contribution in [1.82, 2.24) is 0 Å². The van der Waals surface area contributed by atoms with Gasteiger partial charge in [0.25, 0.3) is 0 Å². The SMILES string of the molecule is COCOC(=O)OCC1CCCCO1. The van der Waals surface area contributed by atoms with E-state index in [9.17, 15) is 4.79 Å². The first-order valence-corrected chi connectivity index (χ1v) is 4.73. The summed E-state index contributed by atoms with van der Waals surface area (Å²) in [6.45, 7) is 0.939. The van der Waals surface area contributed by atoms with Crippen LogP contribution in [0.1, 0.15) is 19.3 Å². The zero-order valence-corrected chi connectivity index (χ0v) is 8.36. The predicted molar refractivity (Wildman–Crippen MR) is 47.9 cm³/mol. The lowest BCUT2D eigenvalue weighted by atomic mass is 10.1. The van der Waals surface area contributed by atoms with Crippen LogP contribution >= 0.6 is 0 Å². The molecular formula is C9H16O5. The molecule has 0 aliphatic carbocycles. The Morgan fingerprint density at radius 3 is 2.93 bits per heavy atom. The third kappa shape index (κ3) is 4.43. The summed E-state index contributed by atoms with van der Waals surface area (Å²) in [4.78, 5) is 10.9. The Bertz CT molecular complexity index is 165. The van der Waals surface area contributed by atoms with E-state index in [1.807, 2.05) is 0 Å². The third-order valence-corrected chi connectivity index (χ3v) is 1.96. The molecule has 14 heavy (non-hydrogen) atoms. The smallest absolute Gasteiger partial charge is 0.431 e. The molecule has 0 N–H and O–H groups in total. The van der Waals surface area contributed by atoms with Gasteiger partial charge in [-0.2, -0.15) is 0 Å². The van der Waals surface area contributed by atoms with E-state index < -0.39 is 6.16 Å². The average Bonchev–Trinajstić information content (AvgIpc) is 2.25.